The van der Waals surface area contributed by atoms with Gasteiger partial charge in [0.15, 0.2) is 0 Å². The first-order valence-corrected chi connectivity index (χ1v) is 7.05. The Labute approximate surface area is 124 Å². The third kappa shape index (κ3) is 3.14. The van der Waals surface area contributed by atoms with Crippen molar-refractivity contribution in [1.82, 2.24) is 9.55 Å². The molecule has 2 rings (SSSR count). The first kappa shape index (κ1) is 14.9. The zero-order valence-corrected chi connectivity index (χ0v) is 12.5. The molecule has 4 nitrogen and oxygen atoms in total. The molecule has 1 atom stereocenters. The van der Waals surface area contributed by atoms with Crippen LogP contribution < -0.4 is 4.74 Å². The number of aliphatic hydroxyl groups is 1. The molecule has 0 fully saturated rings. The van der Waals surface area contributed by atoms with Crippen molar-refractivity contribution in [2.45, 2.75) is 32.4 Å². The number of nitrogens with zero attached hydrogens (tertiary/aromatic N) is 2. The van der Waals surface area contributed by atoms with Crippen LogP contribution in [-0.4, -0.2) is 21.8 Å². The number of aliphatic hydroxyl groups excluding tert-OH is 1. The van der Waals surface area contributed by atoms with Crippen molar-refractivity contribution in [3.05, 3.63) is 47.0 Å². The number of benzene rings is 1. The zero-order chi connectivity index (χ0) is 14.5. The lowest BCUT2D eigenvalue weighted by Crippen LogP contribution is -2.10. The van der Waals surface area contributed by atoms with Crippen LogP contribution in [0, 0.1) is 0 Å². The van der Waals surface area contributed by atoms with Gasteiger partial charge in [0.1, 0.15) is 11.6 Å². The highest BCUT2D eigenvalue weighted by Crippen LogP contribution is 2.33. The number of imidazole rings is 1. The summed E-state index contributed by atoms with van der Waals surface area (Å²) >= 11 is 6.18. The summed E-state index contributed by atoms with van der Waals surface area (Å²) in [6, 6.07) is 5.35. The smallest absolute Gasteiger partial charge is 0.126 e. The number of methoxy groups -OCH3 is 1. The molecule has 1 unspecified atom stereocenters. The SMILES string of the molecule is CCCn1ccnc1CC(O)c1c(Cl)cccc1OC. The van der Waals surface area contributed by atoms with Crippen LogP contribution in [0.3, 0.4) is 0 Å². The molecule has 0 spiro atoms. The lowest BCUT2D eigenvalue weighted by atomic mass is 10.0. The van der Waals surface area contributed by atoms with Gasteiger partial charge in [-0.2, -0.15) is 0 Å². The Morgan fingerprint density at radius 3 is 2.95 bits per heavy atom. The van der Waals surface area contributed by atoms with Crippen molar-refractivity contribution in [3.63, 3.8) is 0 Å². The Hall–Kier alpha value is -1.52. The molecule has 1 heterocycles. The lowest BCUT2D eigenvalue weighted by Gasteiger charge is -2.16. The van der Waals surface area contributed by atoms with Crippen molar-refractivity contribution in [1.29, 1.82) is 0 Å². The zero-order valence-electron chi connectivity index (χ0n) is 11.7. The van der Waals surface area contributed by atoms with Crippen LogP contribution in [0.15, 0.2) is 30.6 Å². The van der Waals surface area contributed by atoms with Gasteiger partial charge < -0.3 is 14.4 Å². The summed E-state index contributed by atoms with van der Waals surface area (Å²) in [7, 11) is 1.57. The van der Waals surface area contributed by atoms with E-state index >= 15 is 0 Å². The van der Waals surface area contributed by atoms with E-state index in [1.807, 2.05) is 10.8 Å². The van der Waals surface area contributed by atoms with Gasteiger partial charge in [0.2, 0.25) is 0 Å². The van der Waals surface area contributed by atoms with Crippen LogP contribution in [-0.2, 0) is 13.0 Å². The van der Waals surface area contributed by atoms with Crippen molar-refractivity contribution in [2.24, 2.45) is 0 Å². The van der Waals surface area contributed by atoms with E-state index in [0.29, 0.717) is 22.8 Å². The number of rotatable bonds is 6. The molecular formula is C15H19ClN2O2. The Balaban J connectivity index is 2.24. The fourth-order valence-electron chi connectivity index (χ4n) is 2.27. The second-order valence-corrected chi connectivity index (χ2v) is 5.02. The maximum absolute atomic E-state index is 10.5. The van der Waals surface area contributed by atoms with Crippen LogP contribution in [0.4, 0.5) is 0 Å². The molecule has 0 aliphatic rings. The van der Waals surface area contributed by atoms with Crippen LogP contribution in [0.1, 0.15) is 30.8 Å². The number of ether oxygens (including phenoxy) is 1. The minimum atomic E-state index is -0.739. The molecule has 1 N–H and O–H groups in total. The number of halogens is 1. The van der Waals surface area contributed by atoms with Gasteiger partial charge in [-0.1, -0.05) is 24.6 Å². The van der Waals surface area contributed by atoms with Crippen molar-refractivity contribution < 1.29 is 9.84 Å². The molecule has 2 aromatic rings. The van der Waals surface area contributed by atoms with Crippen LogP contribution >= 0.6 is 11.6 Å². The molecule has 0 amide bonds. The fraction of sp³-hybridized carbons (Fsp3) is 0.400. The van der Waals surface area contributed by atoms with Crippen LogP contribution in [0.5, 0.6) is 5.75 Å². The largest absolute Gasteiger partial charge is 0.496 e. The van der Waals surface area contributed by atoms with Gasteiger partial charge in [0, 0.05) is 30.9 Å². The minimum absolute atomic E-state index is 0.410. The van der Waals surface area contributed by atoms with E-state index < -0.39 is 6.10 Å². The molecule has 0 aliphatic carbocycles. The van der Waals surface area contributed by atoms with Crippen LogP contribution in [0.25, 0.3) is 0 Å². The van der Waals surface area contributed by atoms with Crippen molar-refractivity contribution >= 4 is 11.6 Å². The maximum Gasteiger partial charge on any atom is 0.126 e. The lowest BCUT2D eigenvalue weighted by molar-refractivity contribution is 0.170. The number of hydrogen-bond acceptors (Lipinski definition) is 3. The minimum Gasteiger partial charge on any atom is -0.496 e. The summed E-state index contributed by atoms with van der Waals surface area (Å²) in [5, 5.41) is 11.0. The van der Waals surface area contributed by atoms with Gasteiger partial charge >= 0.3 is 0 Å². The predicted octanol–water partition coefficient (Wildman–Crippen LogP) is 3.23. The molecule has 0 radical (unpaired) electrons. The van der Waals surface area contributed by atoms with Crippen molar-refractivity contribution in [2.75, 3.05) is 7.11 Å². The molecule has 1 aromatic heterocycles. The summed E-state index contributed by atoms with van der Waals surface area (Å²) in [6.07, 6.45) is 4.37. The topological polar surface area (TPSA) is 47.3 Å². The number of hydrogen-bond donors (Lipinski definition) is 1. The molecule has 0 bridgehead atoms. The molecular weight excluding hydrogens is 276 g/mol. The van der Waals surface area contributed by atoms with E-state index in [0.717, 1.165) is 18.8 Å². The summed E-state index contributed by atoms with van der Waals surface area (Å²) in [4.78, 5) is 4.30. The third-order valence-corrected chi connectivity index (χ3v) is 3.54. The summed E-state index contributed by atoms with van der Waals surface area (Å²) in [5.41, 5.74) is 0.614. The van der Waals surface area contributed by atoms with E-state index in [2.05, 4.69) is 11.9 Å². The molecule has 0 saturated carbocycles. The van der Waals surface area contributed by atoms with Gasteiger partial charge in [0.25, 0.3) is 0 Å². The summed E-state index contributed by atoms with van der Waals surface area (Å²) < 4.78 is 7.32. The Morgan fingerprint density at radius 1 is 1.45 bits per heavy atom. The van der Waals surface area contributed by atoms with Gasteiger partial charge in [-0.3, -0.25) is 0 Å². The number of aromatic nitrogens is 2. The second-order valence-electron chi connectivity index (χ2n) is 4.61. The molecule has 108 valence electrons. The first-order chi connectivity index (χ1) is 9.67. The highest BCUT2D eigenvalue weighted by Gasteiger charge is 2.19. The molecule has 1 aromatic carbocycles. The Morgan fingerprint density at radius 2 is 2.25 bits per heavy atom. The highest BCUT2D eigenvalue weighted by molar-refractivity contribution is 6.31. The van der Waals surface area contributed by atoms with Gasteiger partial charge in [-0.25, -0.2) is 4.98 Å². The standard InChI is InChI=1S/C15H19ClN2O2/c1-3-8-18-9-7-17-14(18)10-12(19)15-11(16)5-4-6-13(15)20-2/h4-7,9,12,19H,3,8,10H2,1-2H3. The predicted molar refractivity (Wildman–Crippen MR) is 79.2 cm³/mol. The van der Waals surface area contributed by atoms with Gasteiger partial charge in [0.05, 0.1) is 18.2 Å². The van der Waals surface area contributed by atoms with Gasteiger partial charge in [-0.05, 0) is 18.6 Å². The fourth-order valence-corrected chi connectivity index (χ4v) is 2.56. The second kappa shape index (κ2) is 6.77. The maximum atomic E-state index is 10.5. The van der Waals surface area contributed by atoms with E-state index in [9.17, 15) is 5.11 Å². The van der Waals surface area contributed by atoms with Crippen LogP contribution in [0.2, 0.25) is 5.02 Å². The third-order valence-electron chi connectivity index (χ3n) is 3.21. The summed E-state index contributed by atoms with van der Waals surface area (Å²) in [6.45, 7) is 3.00. The quantitative estimate of drug-likeness (QED) is 0.890. The summed E-state index contributed by atoms with van der Waals surface area (Å²) in [5.74, 6) is 1.44. The van der Waals surface area contributed by atoms with E-state index in [4.69, 9.17) is 16.3 Å². The van der Waals surface area contributed by atoms with Gasteiger partial charge in [-0.15, -0.1) is 0 Å². The highest BCUT2D eigenvalue weighted by atomic mass is 35.5. The molecule has 0 saturated heterocycles. The average molecular weight is 295 g/mol. The van der Waals surface area contributed by atoms with Crippen molar-refractivity contribution in [3.8, 4) is 5.75 Å². The van der Waals surface area contributed by atoms with E-state index in [1.54, 1.807) is 31.5 Å². The Kier molecular flexibility index (Phi) is 5.04. The number of aryl methyl sites for hydroxylation is 1. The van der Waals surface area contributed by atoms with E-state index in [1.165, 1.54) is 0 Å². The Bertz CT molecular complexity index is 569. The monoisotopic (exact) mass is 294 g/mol. The molecule has 0 aliphatic heterocycles. The normalized spacial score (nSPS) is 12.4. The first-order valence-electron chi connectivity index (χ1n) is 6.67. The van der Waals surface area contributed by atoms with E-state index in [-0.39, 0.29) is 0 Å². The molecule has 5 heteroatoms. The average Bonchev–Trinajstić information content (AvgIpc) is 2.86. The molecule has 20 heavy (non-hydrogen) atoms.